The van der Waals surface area contributed by atoms with Gasteiger partial charge in [-0.2, -0.15) is 0 Å². The van der Waals surface area contributed by atoms with Crippen molar-refractivity contribution in [3.8, 4) is 22.6 Å². The van der Waals surface area contributed by atoms with Crippen molar-refractivity contribution in [2.75, 3.05) is 44.1 Å². The molecule has 0 unspecified atom stereocenters. The number of ether oxygens (including phenoxy) is 1. The van der Waals surface area contributed by atoms with E-state index in [0.717, 1.165) is 97.6 Å². The number of hydrogen-bond acceptors (Lipinski definition) is 10. The average Bonchev–Trinajstić information content (AvgIpc) is 0.653. The lowest BCUT2D eigenvalue weighted by Crippen LogP contribution is -2.69. The minimum Gasteiger partial charge on any atom is -0.453 e. The molecule has 20 aromatic rings. The third-order valence-electron chi connectivity index (χ3n) is 28.1. The molecule has 7 heterocycles. The third-order valence-corrected chi connectivity index (χ3v) is 28.1. The van der Waals surface area contributed by atoms with Crippen molar-refractivity contribution in [2.24, 2.45) is 0 Å². The molecule has 0 aliphatic carbocycles. The lowest BCUT2D eigenvalue weighted by atomic mass is 9.27. The molecule has 141 heavy (non-hydrogen) atoms. The zero-order valence-corrected chi connectivity index (χ0v) is 74.8. The molecule has 0 saturated heterocycles. The number of halogens is 8. The summed E-state index contributed by atoms with van der Waals surface area (Å²) in [6.07, 6.45) is 0. The minimum atomic E-state index is -1.000. The number of nitrogens with zero attached hydrogens (tertiary/aromatic N) is 9. The summed E-state index contributed by atoms with van der Waals surface area (Å²) in [6.45, 7) is -2.78. The van der Waals surface area contributed by atoms with Crippen LogP contribution in [0.4, 0.5) is 189 Å². The maximum absolute atomic E-state index is 17.8. The molecule has 21 heteroatoms. The molecule has 7 aliphatic rings. The molecular weight excluding hydrogens is 1770 g/mol. The standard InChI is InChI=1S/C120H72B3F8N9O/c124-75-52-76(125)57-93(56-75)136-105-48-46-91(132(83-30-12-2-13-31-83)84-32-14-3-15-33-84)64-99(105)121-101-70-102-108(71-107(101)138(95-60-79(128)54-80(129)61-95)110-51-74(50-109(136)115(110)121)73-28-10-1-11-29-73)139(96-62-81(130)55-82(131)63-96)112-72-111-116-120-117(112)123(102)104-67-98(135(89-42-24-8-25-43-89)90-44-26-9-27-45-90)69-114-119(104)140(120)118-103(66-97(68-113(118)141-114)134(87-38-20-6-21-39-87)88-40-22-7-23-41-88)122(116)100-65-92(47-49-106(100)137(111)94-58-77(126)53-78(127)59-94)133(85-34-16-4-17-35-85)86-36-18-5-19-37-86/h1-72H. The van der Waals surface area contributed by atoms with E-state index in [1.165, 1.54) is 48.5 Å². The second-order valence-electron chi connectivity index (χ2n) is 36.2. The number of hydrogen-bond donors (Lipinski definition) is 0. The van der Waals surface area contributed by atoms with Crippen LogP contribution in [0.2, 0.25) is 0 Å². The van der Waals surface area contributed by atoms with Gasteiger partial charge in [-0.1, -0.05) is 182 Å². The van der Waals surface area contributed by atoms with Crippen LogP contribution in [0.3, 0.4) is 0 Å². The fourth-order valence-electron chi connectivity index (χ4n) is 22.8. The summed E-state index contributed by atoms with van der Waals surface area (Å²) in [5.41, 5.74) is 22.4. The first-order valence-corrected chi connectivity index (χ1v) is 46.6. The first-order chi connectivity index (χ1) is 69.2. The summed E-state index contributed by atoms with van der Waals surface area (Å²) in [5, 5.41) is 0. The molecule has 668 valence electrons. The quantitative estimate of drug-likeness (QED) is 0.0650. The SMILES string of the molecule is Fc1cc(F)cc(N2c3ccc(N(c4ccccc4)c4ccccc4)cc3B3c4cc5c(cc4N(c4cc(F)cc(F)c4)c4cc(-c6ccccc6)cc2c43)N(c2cc(F)cc(F)c2)c2cc3c4c6c2B5c2cc(N(c5ccccc5)c5ccccc5)cc5c2N6c2c(cc(N(c6ccccc6)c6ccccc6)cc2B4c2cc(N(c4ccccc4)c4ccccc4)ccc2N3c2cc(F)cc(F)c2)O5)c1. The van der Waals surface area contributed by atoms with E-state index in [2.05, 4.69) is 140 Å². The van der Waals surface area contributed by atoms with E-state index in [1.54, 1.807) is 0 Å². The zero-order valence-electron chi connectivity index (χ0n) is 74.8. The summed E-state index contributed by atoms with van der Waals surface area (Å²) in [4.78, 5) is 18.5. The zero-order chi connectivity index (χ0) is 94.3. The summed E-state index contributed by atoms with van der Waals surface area (Å²) < 4.78 is 147. The Morgan fingerprint density at radius 2 is 0.418 bits per heavy atom. The Bertz CT molecular complexity index is 8300. The molecule has 27 rings (SSSR count). The molecule has 0 aromatic heterocycles. The lowest BCUT2D eigenvalue weighted by Gasteiger charge is -2.53. The topological polar surface area (TPSA) is 38.4 Å². The molecule has 0 fully saturated rings. The van der Waals surface area contributed by atoms with Gasteiger partial charge >= 0.3 is 0 Å². The van der Waals surface area contributed by atoms with Gasteiger partial charge < -0.3 is 48.8 Å². The van der Waals surface area contributed by atoms with E-state index in [4.69, 9.17) is 4.74 Å². The van der Waals surface area contributed by atoms with E-state index in [0.29, 0.717) is 129 Å². The molecule has 0 amide bonds. The normalized spacial score (nSPS) is 13.0. The maximum atomic E-state index is 17.8. The highest BCUT2D eigenvalue weighted by Gasteiger charge is 2.57. The molecular formula is C120H72B3F8N9O. The Hall–Kier alpha value is -18.0. The van der Waals surface area contributed by atoms with Crippen molar-refractivity contribution < 1.29 is 39.9 Å². The Labute approximate surface area is 807 Å². The van der Waals surface area contributed by atoms with Gasteiger partial charge in [-0.15, -0.1) is 0 Å². The molecule has 0 bridgehead atoms. The van der Waals surface area contributed by atoms with Crippen LogP contribution in [0, 0.1) is 46.5 Å². The molecule has 0 spiro atoms. The van der Waals surface area contributed by atoms with Crippen LogP contribution in [-0.4, -0.2) is 20.1 Å². The summed E-state index contributed by atoms with van der Waals surface area (Å²) >= 11 is 0. The van der Waals surface area contributed by atoms with E-state index in [1.807, 2.05) is 268 Å². The fraction of sp³-hybridized carbons (Fsp3) is 0. The molecule has 0 saturated carbocycles. The monoisotopic (exact) mass is 1840 g/mol. The van der Waals surface area contributed by atoms with Crippen LogP contribution in [0.25, 0.3) is 11.1 Å². The van der Waals surface area contributed by atoms with Gasteiger partial charge in [0, 0.05) is 156 Å². The Balaban J connectivity index is 0.820. The second kappa shape index (κ2) is 32.4. The van der Waals surface area contributed by atoms with Crippen LogP contribution in [0.15, 0.2) is 437 Å². The molecule has 7 aliphatic heterocycles. The van der Waals surface area contributed by atoms with Gasteiger partial charge in [0.2, 0.25) is 0 Å². The molecule has 10 nitrogen and oxygen atoms in total. The predicted molar refractivity (Wildman–Crippen MR) is 558 cm³/mol. The Morgan fingerprint density at radius 1 is 0.170 bits per heavy atom. The third kappa shape index (κ3) is 13.3. The van der Waals surface area contributed by atoms with Crippen molar-refractivity contribution in [1.82, 2.24) is 0 Å². The van der Waals surface area contributed by atoms with E-state index >= 15 is 35.1 Å². The van der Waals surface area contributed by atoms with Crippen molar-refractivity contribution in [3.05, 3.63) is 483 Å². The minimum absolute atomic E-state index is 0.0176. The highest BCUT2D eigenvalue weighted by atomic mass is 19.2. The molecule has 0 radical (unpaired) electrons. The van der Waals surface area contributed by atoms with Gasteiger partial charge in [0.1, 0.15) is 46.5 Å². The summed E-state index contributed by atoms with van der Waals surface area (Å²) in [5.74, 6) is -6.18. The van der Waals surface area contributed by atoms with Crippen LogP contribution in [0.1, 0.15) is 0 Å². The largest absolute Gasteiger partial charge is 0.453 e. The van der Waals surface area contributed by atoms with Crippen molar-refractivity contribution in [1.29, 1.82) is 0 Å². The Morgan fingerprint density at radius 3 is 0.723 bits per heavy atom. The average molecular weight is 1840 g/mol. The van der Waals surface area contributed by atoms with Crippen molar-refractivity contribution in [3.63, 3.8) is 0 Å². The summed E-state index contributed by atoms with van der Waals surface area (Å²) in [6, 6.07) is 135. The van der Waals surface area contributed by atoms with Crippen LogP contribution in [0.5, 0.6) is 11.5 Å². The first kappa shape index (κ1) is 82.5. The van der Waals surface area contributed by atoms with Gasteiger partial charge in [0.15, 0.2) is 11.5 Å². The van der Waals surface area contributed by atoms with Gasteiger partial charge in [-0.3, -0.25) is 0 Å². The van der Waals surface area contributed by atoms with Crippen molar-refractivity contribution in [2.45, 2.75) is 0 Å². The predicted octanol–water partition coefficient (Wildman–Crippen LogP) is 27.2. The number of fused-ring (bicyclic) bond motifs is 10. The first-order valence-electron chi connectivity index (χ1n) is 46.6. The molecule has 0 atom stereocenters. The maximum Gasteiger partial charge on any atom is 0.252 e. The highest BCUT2D eigenvalue weighted by molar-refractivity contribution is 7.06. The van der Waals surface area contributed by atoms with Crippen LogP contribution >= 0.6 is 0 Å². The van der Waals surface area contributed by atoms with Crippen molar-refractivity contribution >= 4 is 223 Å². The van der Waals surface area contributed by atoms with Crippen LogP contribution < -0.4 is 98.0 Å². The van der Waals surface area contributed by atoms with Gasteiger partial charge in [-0.05, 0) is 279 Å². The van der Waals surface area contributed by atoms with E-state index in [-0.39, 0.29) is 22.7 Å². The number of rotatable bonds is 17. The fourth-order valence-corrected chi connectivity index (χ4v) is 22.8. The van der Waals surface area contributed by atoms with Gasteiger partial charge in [0.25, 0.3) is 20.1 Å². The molecule has 0 N–H and O–H groups in total. The smallest absolute Gasteiger partial charge is 0.252 e. The second-order valence-corrected chi connectivity index (χ2v) is 36.2. The lowest BCUT2D eigenvalue weighted by molar-refractivity contribution is 0.478. The Kier molecular flexibility index (Phi) is 18.9. The van der Waals surface area contributed by atoms with E-state index < -0.39 is 66.7 Å². The highest BCUT2D eigenvalue weighted by Crippen LogP contribution is 2.61. The number of para-hydroxylation sites is 8. The molecule has 20 aromatic carbocycles. The van der Waals surface area contributed by atoms with Gasteiger partial charge in [0.05, 0.1) is 34.1 Å². The van der Waals surface area contributed by atoms with Crippen LogP contribution in [-0.2, 0) is 0 Å². The number of benzene rings is 20. The number of anilines is 27. The van der Waals surface area contributed by atoms with Gasteiger partial charge in [-0.25, -0.2) is 35.1 Å². The summed E-state index contributed by atoms with van der Waals surface area (Å²) in [7, 11) is 0. The van der Waals surface area contributed by atoms with E-state index in [9.17, 15) is 0 Å².